The van der Waals surface area contributed by atoms with E-state index in [4.69, 9.17) is 0 Å². The van der Waals surface area contributed by atoms with Crippen molar-refractivity contribution in [1.82, 2.24) is 4.90 Å². The molecule has 1 amide bonds. The van der Waals surface area contributed by atoms with Crippen LogP contribution in [0.15, 0.2) is 30.3 Å². The summed E-state index contributed by atoms with van der Waals surface area (Å²) in [6.45, 7) is 8.86. The number of carbonyl (C=O) groups excluding carboxylic acids is 1. The molecule has 1 aliphatic rings. The molecule has 0 saturated carbocycles. The summed E-state index contributed by atoms with van der Waals surface area (Å²) in [4.78, 5) is 16.5. The van der Waals surface area contributed by atoms with Crippen LogP contribution >= 0.6 is 0 Å². The Bertz CT molecular complexity index is 788. The van der Waals surface area contributed by atoms with Gasteiger partial charge in [-0.3, -0.25) is 4.79 Å². The number of benzene rings is 2. The van der Waals surface area contributed by atoms with E-state index < -0.39 is 11.6 Å². The summed E-state index contributed by atoms with van der Waals surface area (Å²) in [6.07, 6.45) is 0. The predicted molar refractivity (Wildman–Crippen MR) is 95.1 cm³/mol. The van der Waals surface area contributed by atoms with Gasteiger partial charge in [0, 0.05) is 37.4 Å². The van der Waals surface area contributed by atoms with Crippen molar-refractivity contribution >= 4 is 11.6 Å². The van der Waals surface area contributed by atoms with Crippen molar-refractivity contribution in [3.05, 3.63) is 64.2 Å². The third kappa shape index (κ3) is 3.50. The number of rotatable bonds is 2. The normalized spacial score (nSPS) is 14.8. The molecule has 2 aromatic rings. The molecule has 1 saturated heterocycles. The van der Waals surface area contributed by atoms with Crippen molar-refractivity contribution in [2.75, 3.05) is 31.1 Å². The highest BCUT2D eigenvalue weighted by Crippen LogP contribution is 2.27. The minimum Gasteiger partial charge on any atom is -0.368 e. The van der Waals surface area contributed by atoms with Crippen LogP contribution in [0.25, 0.3) is 0 Å². The lowest BCUT2D eigenvalue weighted by atomic mass is 10.0. The first-order chi connectivity index (χ1) is 11.9. The molecule has 0 aliphatic carbocycles. The van der Waals surface area contributed by atoms with Gasteiger partial charge in [0.05, 0.1) is 0 Å². The van der Waals surface area contributed by atoms with Gasteiger partial charge in [0.1, 0.15) is 0 Å². The molecule has 1 heterocycles. The Morgan fingerprint density at radius 1 is 0.880 bits per heavy atom. The minimum absolute atomic E-state index is 0.190. The Labute approximate surface area is 146 Å². The van der Waals surface area contributed by atoms with E-state index in [-0.39, 0.29) is 11.5 Å². The second kappa shape index (κ2) is 6.82. The molecule has 0 radical (unpaired) electrons. The first kappa shape index (κ1) is 17.4. The van der Waals surface area contributed by atoms with Crippen molar-refractivity contribution in [3.8, 4) is 0 Å². The maximum absolute atomic E-state index is 13.4. The number of piperazine rings is 1. The van der Waals surface area contributed by atoms with Crippen molar-refractivity contribution in [2.24, 2.45) is 0 Å². The molecule has 25 heavy (non-hydrogen) atoms. The largest absolute Gasteiger partial charge is 0.368 e. The van der Waals surface area contributed by atoms with E-state index in [9.17, 15) is 13.6 Å². The summed E-state index contributed by atoms with van der Waals surface area (Å²) in [5.74, 6) is -2.18. The second-order valence-electron chi connectivity index (χ2n) is 6.66. The van der Waals surface area contributed by atoms with Gasteiger partial charge in [-0.2, -0.15) is 0 Å². The number of hydrogen-bond acceptors (Lipinski definition) is 2. The minimum atomic E-state index is -0.990. The fourth-order valence-corrected chi connectivity index (χ4v) is 3.62. The maximum atomic E-state index is 13.4. The van der Waals surface area contributed by atoms with Crippen molar-refractivity contribution < 1.29 is 13.6 Å². The van der Waals surface area contributed by atoms with Gasteiger partial charge in [-0.05, 0) is 50.1 Å². The number of hydrogen-bond donors (Lipinski definition) is 0. The molecule has 5 heteroatoms. The summed E-state index contributed by atoms with van der Waals surface area (Å²) < 4.78 is 26.4. The predicted octanol–water partition coefficient (Wildman–Crippen LogP) is 3.85. The number of nitrogens with zero attached hydrogens (tertiary/aromatic N) is 2. The lowest BCUT2D eigenvalue weighted by Gasteiger charge is -2.37. The highest BCUT2D eigenvalue weighted by molar-refractivity contribution is 5.94. The Balaban J connectivity index is 1.71. The van der Waals surface area contributed by atoms with Crippen LogP contribution in [0.4, 0.5) is 14.5 Å². The van der Waals surface area contributed by atoms with Gasteiger partial charge >= 0.3 is 0 Å². The fraction of sp³-hybridized carbons (Fsp3) is 0.350. The van der Waals surface area contributed by atoms with Crippen LogP contribution in [0.2, 0.25) is 0 Å². The smallest absolute Gasteiger partial charge is 0.254 e. The van der Waals surface area contributed by atoms with E-state index in [2.05, 4.69) is 37.8 Å². The van der Waals surface area contributed by atoms with Gasteiger partial charge in [-0.1, -0.05) is 17.7 Å². The third-order valence-electron chi connectivity index (χ3n) is 4.69. The number of halogens is 2. The van der Waals surface area contributed by atoms with Crippen LogP contribution in [0.3, 0.4) is 0 Å². The molecular formula is C20H22F2N2O. The van der Waals surface area contributed by atoms with E-state index in [1.54, 1.807) is 4.90 Å². The molecule has 3 nitrogen and oxygen atoms in total. The molecule has 1 aliphatic heterocycles. The molecule has 0 bridgehead atoms. The Morgan fingerprint density at radius 3 is 2.04 bits per heavy atom. The first-order valence-corrected chi connectivity index (χ1v) is 8.44. The second-order valence-corrected chi connectivity index (χ2v) is 6.66. The number of carbonyl (C=O) groups is 1. The number of aryl methyl sites for hydroxylation is 3. The number of amides is 1. The summed E-state index contributed by atoms with van der Waals surface area (Å²) >= 11 is 0. The quantitative estimate of drug-likeness (QED) is 0.826. The lowest BCUT2D eigenvalue weighted by Crippen LogP contribution is -2.49. The van der Waals surface area contributed by atoms with E-state index in [0.717, 1.165) is 25.2 Å². The van der Waals surface area contributed by atoms with Crippen LogP contribution in [-0.4, -0.2) is 37.0 Å². The van der Waals surface area contributed by atoms with Crippen molar-refractivity contribution in [1.29, 1.82) is 0 Å². The standard InChI is InChI=1S/C20H22F2N2O/c1-13-10-14(2)19(15(3)11-13)23-6-8-24(9-7-23)20(25)16-4-5-17(21)18(22)12-16/h4-5,10-12H,6-9H2,1-3H3. The van der Waals surface area contributed by atoms with Crippen molar-refractivity contribution in [3.63, 3.8) is 0 Å². The lowest BCUT2D eigenvalue weighted by molar-refractivity contribution is 0.0746. The summed E-state index contributed by atoms with van der Waals surface area (Å²) in [5.41, 5.74) is 5.13. The average Bonchev–Trinajstić information content (AvgIpc) is 2.56. The zero-order chi connectivity index (χ0) is 18.1. The van der Waals surface area contributed by atoms with Crippen LogP contribution in [0, 0.1) is 32.4 Å². The highest BCUT2D eigenvalue weighted by atomic mass is 19.2. The van der Waals surface area contributed by atoms with Gasteiger partial charge in [0.15, 0.2) is 11.6 Å². The molecule has 0 unspecified atom stereocenters. The zero-order valence-electron chi connectivity index (χ0n) is 14.8. The van der Waals surface area contributed by atoms with E-state index in [1.165, 1.54) is 28.4 Å². The molecule has 0 N–H and O–H groups in total. The van der Waals surface area contributed by atoms with Crippen LogP contribution in [-0.2, 0) is 0 Å². The first-order valence-electron chi connectivity index (χ1n) is 8.44. The van der Waals surface area contributed by atoms with Crippen LogP contribution in [0.5, 0.6) is 0 Å². The Kier molecular flexibility index (Phi) is 4.75. The molecule has 0 aromatic heterocycles. The number of anilines is 1. The van der Waals surface area contributed by atoms with Gasteiger partial charge in [0.25, 0.3) is 5.91 Å². The third-order valence-corrected chi connectivity index (χ3v) is 4.69. The van der Waals surface area contributed by atoms with Gasteiger partial charge in [-0.25, -0.2) is 8.78 Å². The summed E-state index contributed by atoms with van der Waals surface area (Å²) in [7, 11) is 0. The van der Waals surface area contributed by atoms with E-state index >= 15 is 0 Å². The average molecular weight is 344 g/mol. The zero-order valence-corrected chi connectivity index (χ0v) is 14.8. The Hall–Kier alpha value is -2.43. The Morgan fingerprint density at radius 2 is 1.48 bits per heavy atom. The molecular weight excluding hydrogens is 322 g/mol. The molecule has 132 valence electrons. The molecule has 0 spiro atoms. The summed E-state index contributed by atoms with van der Waals surface area (Å²) in [5, 5.41) is 0. The molecule has 0 atom stereocenters. The molecule has 1 fully saturated rings. The molecule has 2 aromatic carbocycles. The van der Waals surface area contributed by atoms with Crippen LogP contribution < -0.4 is 4.90 Å². The van der Waals surface area contributed by atoms with Crippen LogP contribution in [0.1, 0.15) is 27.0 Å². The maximum Gasteiger partial charge on any atom is 0.254 e. The van der Waals surface area contributed by atoms with Gasteiger partial charge in [-0.15, -0.1) is 0 Å². The topological polar surface area (TPSA) is 23.6 Å². The van der Waals surface area contributed by atoms with Gasteiger partial charge < -0.3 is 9.80 Å². The molecule has 3 rings (SSSR count). The highest BCUT2D eigenvalue weighted by Gasteiger charge is 2.24. The van der Waals surface area contributed by atoms with Crippen molar-refractivity contribution in [2.45, 2.75) is 20.8 Å². The van der Waals surface area contributed by atoms with E-state index in [0.29, 0.717) is 13.1 Å². The summed E-state index contributed by atoms with van der Waals surface area (Å²) in [6, 6.07) is 7.64. The van der Waals surface area contributed by atoms with Gasteiger partial charge in [0.2, 0.25) is 0 Å². The van der Waals surface area contributed by atoms with E-state index in [1.807, 2.05) is 0 Å². The fourth-order valence-electron chi connectivity index (χ4n) is 3.62. The monoisotopic (exact) mass is 344 g/mol. The SMILES string of the molecule is Cc1cc(C)c(N2CCN(C(=O)c3ccc(F)c(F)c3)CC2)c(C)c1.